The summed E-state index contributed by atoms with van der Waals surface area (Å²) in [6.45, 7) is 4.60. The molecule has 0 atom stereocenters. The third-order valence-corrected chi connectivity index (χ3v) is 1.93. The molecule has 2 heteroatoms. The SMILES string of the molecule is CCC(CC)C(=O)C=CCOC. The van der Waals surface area contributed by atoms with Gasteiger partial charge in [0.25, 0.3) is 0 Å². The summed E-state index contributed by atoms with van der Waals surface area (Å²) in [7, 11) is 1.62. The van der Waals surface area contributed by atoms with E-state index in [1.807, 2.05) is 13.8 Å². The third kappa shape index (κ3) is 4.29. The molecule has 0 saturated carbocycles. The molecule has 0 aliphatic rings. The molecule has 2 nitrogen and oxygen atoms in total. The largest absolute Gasteiger partial charge is 0.381 e. The van der Waals surface area contributed by atoms with Crippen LogP contribution in [0.1, 0.15) is 26.7 Å². The van der Waals surface area contributed by atoms with E-state index >= 15 is 0 Å². The fourth-order valence-electron chi connectivity index (χ4n) is 1.09. The molecule has 0 amide bonds. The van der Waals surface area contributed by atoms with Gasteiger partial charge in [-0.1, -0.05) is 19.9 Å². The lowest BCUT2D eigenvalue weighted by Gasteiger charge is -2.06. The minimum atomic E-state index is 0.193. The van der Waals surface area contributed by atoms with Crippen molar-refractivity contribution in [3.8, 4) is 0 Å². The molecule has 12 heavy (non-hydrogen) atoms. The Balaban J connectivity index is 3.83. The molecule has 0 saturated heterocycles. The van der Waals surface area contributed by atoms with Crippen molar-refractivity contribution in [2.75, 3.05) is 13.7 Å². The number of hydrogen-bond donors (Lipinski definition) is 0. The second kappa shape index (κ2) is 7.04. The number of rotatable bonds is 6. The first kappa shape index (κ1) is 11.4. The van der Waals surface area contributed by atoms with Gasteiger partial charge < -0.3 is 4.74 Å². The number of carbonyl (C=O) groups is 1. The lowest BCUT2D eigenvalue weighted by atomic mass is 9.98. The van der Waals surface area contributed by atoms with Crippen molar-refractivity contribution >= 4 is 5.78 Å². The highest BCUT2D eigenvalue weighted by Crippen LogP contribution is 2.09. The second-order valence-electron chi connectivity index (χ2n) is 2.77. The Morgan fingerprint density at radius 2 is 2.00 bits per heavy atom. The lowest BCUT2D eigenvalue weighted by Crippen LogP contribution is -2.09. The topological polar surface area (TPSA) is 26.3 Å². The zero-order valence-electron chi connectivity index (χ0n) is 8.17. The molecule has 70 valence electrons. The fourth-order valence-corrected chi connectivity index (χ4v) is 1.09. The fraction of sp³-hybridized carbons (Fsp3) is 0.700. The number of carbonyl (C=O) groups excluding carboxylic acids is 1. The Bertz CT molecular complexity index is 146. The summed E-state index contributed by atoms with van der Waals surface area (Å²) in [6, 6.07) is 0. The molecule has 0 bridgehead atoms. The van der Waals surface area contributed by atoms with Crippen LogP contribution in [0.5, 0.6) is 0 Å². The van der Waals surface area contributed by atoms with Crippen LogP contribution in [0.4, 0.5) is 0 Å². The maximum Gasteiger partial charge on any atom is 0.158 e. The Hall–Kier alpha value is -0.630. The number of ether oxygens (including phenoxy) is 1. The van der Waals surface area contributed by atoms with E-state index in [0.29, 0.717) is 6.61 Å². The molecule has 0 aliphatic carbocycles. The highest BCUT2D eigenvalue weighted by Gasteiger charge is 2.09. The summed E-state index contributed by atoms with van der Waals surface area (Å²) in [5.41, 5.74) is 0. The van der Waals surface area contributed by atoms with Crippen LogP contribution < -0.4 is 0 Å². The third-order valence-electron chi connectivity index (χ3n) is 1.93. The van der Waals surface area contributed by atoms with Crippen molar-refractivity contribution in [2.24, 2.45) is 5.92 Å². The molecular weight excluding hydrogens is 152 g/mol. The van der Waals surface area contributed by atoms with E-state index in [4.69, 9.17) is 4.74 Å². The second-order valence-corrected chi connectivity index (χ2v) is 2.77. The number of hydrogen-bond acceptors (Lipinski definition) is 2. The first-order valence-corrected chi connectivity index (χ1v) is 4.45. The molecule has 0 aromatic rings. The van der Waals surface area contributed by atoms with E-state index in [-0.39, 0.29) is 11.7 Å². The van der Waals surface area contributed by atoms with Gasteiger partial charge in [-0.15, -0.1) is 0 Å². The van der Waals surface area contributed by atoms with E-state index in [2.05, 4.69) is 0 Å². The van der Waals surface area contributed by atoms with E-state index < -0.39 is 0 Å². The molecule has 0 aromatic carbocycles. The van der Waals surface area contributed by atoms with Gasteiger partial charge in [0, 0.05) is 13.0 Å². The van der Waals surface area contributed by atoms with Crippen molar-refractivity contribution in [1.29, 1.82) is 0 Å². The number of methoxy groups -OCH3 is 1. The van der Waals surface area contributed by atoms with Crippen molar-refractivity contribution in [2.45, 2.75) is 26.7 Å². The van der Waals surface area contributed by atoms with Crippen molar-refractivity contribution < 1.29 is 9.53 Å². The number of ketones is 1. The summed E-state index contributed by atoms with van der Waals surface area (Å²) >= 11 is 0. The zero-order valence-corrected chi connectivity index (χ0v) is 8.17. The maximum absolute atomic E-state index is 11.3. The molecule has 0 aromatic heterocycles. The van der Waals surface area contributed by atoms with Crippen LogP contribution in [0, 0.1) is 5.92 Å². The molecular formula is C10H18O2. The summed E-state index contributed by atoms with van der Waals surface area (Å²) in [6.07, 6.45) is 5.24. The summed E-state index contributed by atoms with van der Waals surface area (Å²) in [4.78, 5) is 11.3. The van der Waals surface area contributed by atoms with Crippen molar-refractivity contribution in [1.82, 2.24) is 0 Å². The first-order valence-electron chi connectivity index (χ1n) is 4.45. The van der Waals surface area contributed by atoms with Gasteiger partial charge in [0.2, 0.25) is 0 Å². The Morgan fingerprint density at radius 3 is 2.42 bits per heavy atom. The molecule has 0 N–H and O–H groups in total. The highest BCUT2D eigenvalue weighted by molar-refractivity contribution is 5.91. The van der Waals surface area contributed by atoms with E-state index in [1.54, 1.807) is 19.3 Å². The summed E-state index contributed by atoms with van der Waals surface area (Å²) < 4.78 is 4.80. The Morgan fingerprint density at radius 1 is 1.42 bits per heavy atom. The number of allylic oxidation sites excluding steroid dienone is 1. The summed E-state index contributed by atoms with van der Waals surface area (Å²) in [5.74, 6) is 0.412. The highest BCUT2D eigenvalue weighted by atomic mass is 16.5. The Labute approximate surface area is 74.6 Å². The van der Waals surface area contributed by atoms with Crippen LogP contribution in [0.2, 0.25) is 0 Å². The van der Waals surface area contributed by atoms with Crippen LogP contribution in [0.25, 0.3) is 0 Å². The minimum Gasteiger partial charge on any atom is -0.381 e. The van der Waals surface area contributed by atoms with E-state index in [1.165, 1.54) is 0 Å². The lowest BCUT2D eigenvalue weighted by molar-refractivity contribution is -0.118. The van der Waals surface area contributed by atoms with Gasteiger partial charge in [-0.2, -0.15) is 0 Å². The average Bonchev–Trinajstić information content (AvgIpc) is 2.07. The van der Waals surface area contributed by atoms with E-state index in [9.17, 15) is 4.79 Å². The molecule has 0 rings (SSSR count). The predicted molar refractivity (Wildman–Crippen MR) is 50.1 cm³/mol. The van der Waals surface area contributed by atoms with Crippen LogP contribution >= 0.6 is 0 Å². The molecule has 0 spiro atoms. The van der Waals surface area contributed by atoms with Crippen LogP contribution in [-0.4, -0.2) is 19.5 Å². The summed E-state index contributed by atoms with van der Waals surface area (Å²) in [5, 5.41) is 0. The zero-order chi connectivity index (χ0) is 9.40. The van der Waals surface area contributed by atoms with Crippen molar-refractivity contribution in [3.05, 3.63) is 12.2 Å². The monoisotopic (exact) mass is 170 g/mol. The molecule has 0 heterocycles. The minimum absolute atomic E-state index is 0.193. The first-order chi connectivity index (χ1) is 5.76. The van der Waals surface area contributed by atoms with Crippen LogP contribution in [-0.2, 0) is 9.53 Å². The quantitative estimate of drug-likeness (QED) is 0.571. The van der Waals surface area contributed by atoms with Gasteiger partial charge in [-0.3, -0.25) is 4.79 Å². The van der Waals surface area contributed by atoms with E-state index in [0.717, 1.165) is 12.8 Å². The van der Waals surface area contributed by atoms with Gasteiger partial charge in [-0.05, 0) is 18.9 Å². The van der Waals surface area contributed by atoms with Gasteiger partial charge >= 0.3 is 0 Å². The van der Waals surface area contributed by atoms with Crippen LogP contribution in [0.3, 0.4) is 0 Å². The molecule has 0 aliphatic heterocycles. The maximum atomic E-state index is 11.3. The normalized spacial score (nSPS) is 11.3. The Kier molecular flexibility index (Phi) is 6.67. The van der Waals surface area contributed by atoms with Crippen LogP contribution in [0.15, 0.2) is 12.2 Å². The van der Waals surface area contributed by atoms with Crippen molar-refractivity contribution in [3.63, 3.8) is 0 Å². The molecule has 0 radical (unpaired) electrons. The van der Waals surface area contributed by atoms with Gasteiger partial charge in [-0.25, -0.2) is 0 Å². The average molecular weight is 170 g/mol. The standard InChI is InChI=1S/C10H18O2/c1-4-9(5-2)10(11)7-6-8-12-3/h6-7,9H,4-5,8H2,1-3H3. The smallest absolute Gasteiger partial charge is 0.158 e. The van der Waals surface area contributed by atoms with Gasteiger partial charge in [0.1, 0.15) is 0 Å². The predicted octanol–water partition coefficient (Wildman–Crippen LogP) is 2.19. The van der Waals surface area contributed by atoms with Gasteiger partial charge in [0.05, 0.1) is 6.61 Å². The molecule has 0 unspecified atom stereocenters. The molecule has 0 fully saturated rings. The van der Waals surface area contributed by atoms with Gasteiger partial charge in [0.15, 0.2) is 5.78 Å².